The third kappa shape index (κ3) is 1.74. The van der Waals surface area contributed by atoms with Crippen LogP contribution < -0.4 is 5.73 Å². The first kappa shape index (κ1) is 8.74. The fourth-order valence-corrected chi connectivity index (χ4v) is 1.42. The highest BCUT2D eigenvalue weighted by molar-refractivity contribution is 6.00. The van der Waals surface area contributed by atoms with E-state index >= 15 is 0 Å². The molecule has 0 unspecified atom stereocenters. The average molecular weight is 189 g/mol. The molecule has 2 N–H and O–H groups in total. The third-order valence-corrected chi connectivity index (χ3v) is 2.08. The molecule has 0 saturated heterocycles. The molecule has 1 heterocycles. The topological polar surface area (TPSA) is 58.7 Å². The summed E-state index contributed by atoms with van der Waals surface area (Å²) < 4.78 is 0. The lowest BCUT2D eigenvalue weighted by Crippen LogP contribution is -2.28. The average Bonchev–Trinajstić information content (AvgIpc) is 2.47. The van der Waals surface area contributed by atoms with Crippen molar-refractivity contribution < 1.29 is 4.79 Å². The number of nitrogens with zero attached hydrogens (tertiary/aromatic N) is 2. The van der Waals surface area contributed by atoms with Gasteiger partial charge in [-0.05, 0) is 5.56 Å². The van der Waals surface area contributed by atoms with E-state index in [0.717, 1.165) is 5.56 Å². The summed E-state index contributed by atoms with van der Waals surface area (Å²) in [5.74, 6) is 0.394. The maximum absolute atomic E-state index is 11.2. The summed E-state index contributed by atoms with van der Waals surface area (Å²) in [6, 6.07) is 9.54. The van der Waals surface area contributed by atoms with Crippen LogP contribution in [0.3, 0.4) is 0 Å². The second-order valence-corrected chi connectivity index (χ2v) is 3.23. The number of rotatable bonds is 2. The number of aliphatic imine (C=N–C) groups is 1. The molecule has 1 aliphatic heterocycles. The maximum atomic E-state index is 11.2. The monoisotopic (exact) mass is 189 g/mol. The van der Waals surface area contributed by atoms with E-state index in [2.05, 4.69) is 4.99 Å². The SMILES string of the molecule is NC1=NC(=O)N(Cc2ccccc2)C1. The lowest BCUT2D eigenvalue weighted by atomic mass is 10.2. The van der Waals surface area contributed by atoms with E-state index in [1.165, 1.54) is 0 Å². The number of carbonyl (C=O) groups excluding carboxylic acids is 1. The summed E-state index contributed by atoms with van der Waals surface area (Å²) in [5, 5.41) is 0. The summed E-state index contributed by atoms with van der Waals surface area (Å²) >= 11 is 0. The van der Waals surface area contributed by atoms with Crippen LogP contribution in [0.1, 0.15) is 5.56 Å². The summed E-state index contributed by atoms with van der Waals surface area (Å²) in [4.78, 5) is 16.5. The molecule has 1 aromatic rings. The first-order valence-corrected chi connectivity index (χ1v) is 4.41. The minimum Gasteiger partial charge on any atom is -0.385 e. The van der Waals surface area contributed by atoms with Crippen molar-refractivity contribution in [2.75, 3.05) is 6.54 Å². The predicted molar refractivity (Wildman–Crippen MR) is 53.9 cm³/mol. The normalized spacial score (nSPS) is 15.9. The summed E-state index contributed by atoms with van der Waals surface area (Å²) in [7, 11) is 0. The van der Waals surface area contributed by atoms with Gasteiger partial charge in [0, 0.05) is 6.54 Å². The number of benzene rings is 1. The van der Waals surface area contributed by atoms with E-state index in [0.29, 0.717) is 18.9 Å². The van der Waals surface area contributed by atoms with Gasteiger partial charge in [-0.25, -0.2) is 4.79 Å². The molecule has 0 bridgehead atoms. The number of amides is 2. The fourth-order valence-electron chi connectivity index (χ4n) is 1.42. The molecule has 0 atom stereocenters. The number of nitrogens with two attached hydrogens (primary N) is 1. The largest absolute Gasteiger partial charge is 0.385 e. The van der Waals surface area contributed by atoms with Crippen LogP contribution in [0.15, 0.2) is 35.3 Å². The molecule has 14 heavy (non-hydrogen) atoms. The zero-order valence-corrected chi connectivity index (χ0v) is 7.68. The first-order chi connectivity index (χ1) is 6.75. The molecular weight excluding hydrogens is 178 g/mol. The van der Waals surface area contributed by atoms with Gasteiger partial charge in [-0.15, -0.1) is 0 Å². The van der Waals surface area contributed by atoms with E-state index in [4.69, 9.17) is 5.73 Å². The number of carbonyl (C=O) groups is 1. The fraction of sp³-hybridized carbons (Fsp3) is 0.200. The molecular formula is C10H11N3O. The Balaban J connectivity index is 2.04. The van der Waals surface area contributed by atoms with E-state index in [-0.39, 0.29) is 6.03 Å². The lowest BCUT2D eigenvalue weighted by Gasteiger charge is -2.13. The van der Waals surface area contributed by atoms with E-state index < -0.39 is 0 Å². The van der Waals surface area contributed by atoms with Gasteiger partial charge < -0.3 is 10.6 Å². The molecule has 0 spiro atoms. The molecule has 2 rings (SSSR count). The molecule has 1 aromatic carbocycles. The van der Waals surface area contributed by atoms with Crippen LogP contribution in [0.25, 0.3) is 0 Å². The van der Waals surface area contributed by atoms with Crippen LogP contribution in [0.4, 0.5) is 4.79 Å². The van der Waals surface area contributed by atoms with Crippen LogP contribution in [0, 0.1) is 0 Å². The zero-order valence-electron chi connectivity index (χ0n) is 7.68. The molecule has 0 aromatic heterocycles. The van der Waals surface area contributed by atoms with E-state index in [9.17, 15) is 4.79 Å². The van der Waals surface area contributed by atoms with Crippen molar-refractivity contribution in [1.29, 1.82) is 0 Å². The van der Waals surface area contributed by atoms with Crippen molar-refractivity contribution >= 4 is 11.9 Å². The van der Waals surface area contributed by atoms with Gasteiger partial charge >= 0.3 is 6.03 Å². The Morgan fingerprint density at radius 1 is 1.36 bits per heavy atom. The van der Waals surface area contributed by atoms with Gasteiger partial charge in [-0.2, -0.15) is 4.99 Å². The van der Waals surface area contributed by atoms with Crippen molar-refractivity contribution in [3.63, 3.8) is 0 Å². The van der Waals surface area contributed by atoms with Crippen LogP contribution in [0.5, 0.6) is 0 Å². The predicted octanol–water partition coefficient (Wildman–Crippen LogP) is 0.979. The zero-order chi connectivity index (χ0) is 9.97. The van der Waals surface area contributed by atoms with Crippen molar-refractivity contribution in [3.8, 4) is 0 Å². The van der Waals surface area contributed by atoms with Crippen molar-refractivity contribution in [2.24, 2.45) is 10.7 Å². The maximum Gasteiger partial charge on any atom is 0.345 e. The Kier molecular flexibility index (Phi) is 2.18. The summed E-state index contributed by atoms with van der Waals surface area (Å²) in [5.41, 5.74) is 6.55. The van der Waals surface area contributed by atoms with Gasteiger partial charge in [0.1, 0.15) is 5.84 Å². The quantitative estimate of drug-likeness (QED) is 0.753. The molecule has 4 nitrogen and oxygen atoms in total. The molecule has 0 aliphatic carbocycles. The van der Waals surface area contributed by atoms with E-state index in [1.807, 2.05) is 30.3 Å². The Bertz CT molecular complexity index is 372. The van der Waals surface area contributed by atoms with Gasteiger partial charge in [-0.3, -0.25) is 0 Å². The molecule has 0 radical (unpaired) electrons. The highest BCUT2D eigenvalue weighted by Gasteiger charge is 2.20. The first-order valence-electron chi connectivity index (χ1n) is 4.41. The van der Waals surface area contributed by atoms with Crippen molar-refractivity contribution in [2.45, 2.75) is 6.54 Å². The number of urea groups is 1. The van der Waals surface area contributed by atoms with Crippen molar-refractivity contribution in [1.82, 2.24) is 4.90 Å². The van der Waals surface area contributed by atoms with Gasteiger partial charge in [-0.1, -0.05) is 30.3 Å². The van der Waals surface area contributed by atoms with Crippen LogP contribution in [-0.4, -0.2) is 23.3 Å². The van der Waals surface area contributed by atoms with Gasteiger partial charge in [0.15, 0.2) is 0 Å². The van der Waals surface area contributed by atoms with Gasteiger partial charge in [0.05, 0.1) is 6.54 Å². The number of amidine groups is 1. The van der Waals surface area contributed by atoms with Crippen LogP contribution in [0.2, 0.25) is 0 Å². The molecule has 1 aliphatic rings. The third-order valence-electron chi connectivity index (χ3n) is 2.08. The Hall–Kier alpha value is -1.84. The van der Waals surface area contributed by atoms with Gasteiger partial charge in [0.2, 0.25) is 0 Å². The molecule has 0 saturated carbocycles. The Morgan fingerprint density at radius 3 is 2.64 bits per heavy atom. The molecule has 72 valence electrons. The Labute approximate surface area is 82.0 Å². The highest BCUT2D eigenvalue weighted by Crippen LogP contribution is 2.08. The molecule has 2 amide bonds. The summed E-state index contributed by atoms with van der Waals surface area (Å²) in [6.07, 6.45) is 0. The Morgan fingerprint density at radius 2 is 2.07 bits per heavy atom. The second kappa shape index (κ2) is 3.49. The minimum atomic E-state index is -0.244. The molecule has 0 fully saturated rings. The number of hydrogen-bond acceptors (Lipinski definition) is 2. The lowest BCUT2D eigenvalue weighted by molar-refractivity contribution is 0.217. The summed E-state index contributed by atoms with van der Waals surface area (Å²) in [6.45, 7) is 1.01. The van der Waals surface area contributed by atoms with Crippen LogP contribution >= 0.6 is 0 Å². The molecule has 4 heteroatoms. The smallest absolute Gasteiger partial charge is 0.345 e. The minimum absolute atomic E-state index is 0.244. The van der Waals surface area contributed by atoms with E-state index in [1.54, 1.807) is 4.90 Å². The van der Waals surface area contributed by atoms with Crippen molar-refractivity contribution in [3.05, 3.63) is 35.9 Å². The number of hydrogen-bond donors (Lipinski definition) is 1. The highest BCUT2D eigenvalue weighted by atomic mass is 16.2. The second-order valence-electron chi connectivity index (χ2n) is 3.23. The van der Waals surface area contributed by atoms with Gasteiger partial charge in [0.25, 0.3) is 0 Å². The van der Waals surface area contributed by atoms with Crippen LogP contribution in [-0.2, 0) is 6.54 Å². The standard InChI is InChI=1S/C10H11N3O/c11-9-7-13(10(14)12-9)6-8-4-2-1-3-5-8/h1-5H,6-7H2,(H2,11,12,14).